The number of hydrogen-bond donors (Lipinski definition) is 1. The van der Waals surface area contributed by atoms with Crippen LogP contribution in [0, 0.1) is 0 Å². The van der Waals surface area contributed by atoms with Crippen LogP contribution in [0.5, 0.6) is 0 Å². The molecule has 2 rings (SSSR count). The molecule has 1 aromatic carbocycles. The van der Waals surface area contributed by atoms with Crippen molar-refractivity contribution in [2.45, 2.75) is 19.2 Å². The maximum absolute atomic E-state index is 9.03. The molecule has 2 atom stereocenters. The van der Waals surface area contributed by atoms with E-state index in [1.165, 1.54) is 0 Å². The summed E-state index contributed by atoms with van der Waals surface area (Å²) in [6.07, 6.45) is 0.183. The summed E-state index contributed by atoms with van der Waals surface area (Å²) < 4.78 is 14.8. The maximum Gasteiger partial charge on any atom is 0.273 e. The van der Waals surface area contributed by atoms with Gasteiger partial charge in [-0.3, -0.25) is 4.74 Å². The first-order chi connectivity index (χ1) is 6.84. The van der Waals surface area contributed by atoms with Crippen molar-refractivity contribution in [2.24, 2.45) is 0 Å². The Morgan fingerprint density at radius 2 is 2.00 bits per heavy atom. The van der Waals surface area contributed by atoms with Crippen LogP contribution in [0.4, 0.5) is 0 Å². The van der Waals surface area contributed by atoms with E-state index < -0.39 is 12.8 Å². The molecule has 14 heavy (non-hydrogen) atoms. The van der Waals surface area contributed by atoms with Crippen LogP contribution in [0.2, 0.25) is 0 Å². The number of benzene rings is 1. The van der Waals surface area contributed by atoms with E-state index in [2.05, 4.69) is 4.74 Å². The third-order valence-corrected chi connectivity index (χ3v) is 1.98. The molecule has 4 nitrogen and oxygen atoms in total. The summed E-state index contributed by atoms with van der Waals surface area (Å²) in [5.74, 6) is 0. The molecule has 0 aromatic heterocycles. The van der Waals surface area contributed by atoms with E-state index in [4.69, 9.17) is 14.6 Å². The van der Waals surface area contributed by atoms with Crippen molar-refractivity contribution in [3.8, 4) is 0 Å². The molecule has 1 aliphatic heterocycles. The zero-order valence-electron chi connectivity index (χ0n) is 7.63. The number of aliphatic hydroxyl groups excluding tert-OH is 1. The van der Waals surface area contributed by atoms with Crippen LogP contribution in [-0.2, 0) is 20.6 Å². The average Bonchev–Trinajstić information content (AvgIpc) is 2.19. The predicted molar refractivity (Wildman–Crippen MR) is 48.1 cm³/mol. The molecule has 0 spiro atoms. The van der Waals surface area contributed by atoms with E-state index in [0.29, 0.717) is 6.42 Å². The highest BCUT2D eigenvalue weighted by atomic mass is 16.9. The van der Waals surface area contributed by atoms with Crippen molar-refractivity contribution in [2.75, 3.05) is 6.79 Å². The standard InChI is InChI=1S/C10H12O4/c11-10-13-7-12-9(14-10)6-8-4-2-1-3-5-8/h1-5,9-11H,6-7H2. The van der Waals surface area contributed by atoms with Gasteiger partial charge in [-0.05, 0) is 5.56 Å². The molecule has 0 saturated carbocycles. The minimum absolute atomic E-state index is 0.0681. The van der Waals surface area contributed by atoms with Crippen molar-refractivity contribution >= 4 is 0 Å². The molecule has 2 unspecified atom stereocenters. The molecule has 0 bridgehead atoms. The van der Waals surface area contributed by atoms with Crippen LogP contribution in [0.1, 0.15) is 5.56 Å². The molecule has 0 aliphatic carbocycles. The lowest BCUT2D eigenvalue weighted by atomic mass is 10.1. The minimum Gasteiger partial charge on any atom is -0.346 e. The first kappa shape index (κ1) is 9.61. The Labute approximate surface area is 82.0 Å². The number of aliphatic hydroxyl groups is 1. The average molecular weight is 196 g/mol. The van der Waals surface area contributed by atoms with Crippen LogP contribution in [0.3, 0.4) is 0 Å². The topological polar surface area (TPSA) is 47.9 Å². The Morgan fingerprint density at radius 3 is 2.71 bits per heavy atom. The summed E-state index contributed by atoms with van der Waals surface area (Å²) >= 11 is 0. The second kappa shape index (κ2) is 4.52. The molecule has 1 aliphatic rings. The van der Waals surface area contributed by atoms with E-state index >= 15 is 0 Å². The highest BCUT2D eigenvalue weighted by Gasteiger charge is 2.21. The Balaban J connectivity index is 1.91. The molecule has 1 heterocycles. The van der Waals surface area contributed by atoms with Crippen molar-refractivity contribution < 1.29 is 19.3 Å². The summed E-state index contributed by atoms with van der Waals surface area (Å²) in [5, 5.41) is 9.03. The van der Waals surface area contributed by atoms with Crippen molar-refractivity contribution in [1.82, 2.24) is 0 Å². The molecule has 0 amide bonds. The van der Waals surface area contributed by atoms with Gasteiger partial charge < -0.3 is 14.6 Å². The van der Waals surface area contributed by atoms with Crippen LogP contribution in [0.15, 0.2) is 30.3 Å². The molecule has 1 fully saturated rings. The van der Waals surface area contributed by atoms with E-state index in [9.17, 15) is 0 Å². The molecule has 0 radical (unpaired) electrons. The normalized spacial score (nSPS) is 27.5. The molecule has 1 saturated heterocycles. The lowest BCUT2D eigenvalue weighted by molar-refractivity contribution is -0.403. The van der Waals surface area contributed by atoms with Gasteiger partial charge in [0.2, 0.25) is 0 Å². The van der Waals surface area contributed by atoms with Gasteiger partial charge in [0.25, 0.3) is 6.48 Å². The quantitative estimate of drug-likeness (QED) is 0.761. The highest BCUT2D eigenvalue weighted by Crippen LogP contribution is 2.13. The number of ether oxygens (including phenoxy) is 3. The summed E-state index contributed by atoms with van der Waals surface area (Å²) in [6.45, 7) is -1.10. The Hall–Kier alpha value is -0.940. The van der Waals surface area contributed by atoms with E-state index in [-0.39, 0.29) is 6.79 Å². The summed E-state index contributed by atoms with van der Waals surface area (Å²) in [5.41, 5.74) is 1.10. The fourth-order valence-electron chi connectivity index (χ4n) is 1.30. The number of hydrogen-bond acceptors (Lipinski definition) is 4. The smallest absolute Gasteiger partial charge is 0.273 e. The Kier molecular flexibility index (Phi) is 3.10. The van der Waals surface area contributed by atoms with Crippen LogP contribution < -0.4 is 0 Å². The van der Waals surface area contributed by atoms with Crippen LogP contribution in [0.25, 0.3) is 0 Å². The van der Waals surface area contributed by atoms with Gasteiger partial charge in [0.1, 0.15) is 0 Å². The van der Waals surface area contributed by atoms with Gasteiger partial charge in [-0.2, -0.15) is 0 Å². The monoisotopic (exact) mass is 196 g/mol. The molecular weight excluding hydrogens is 184 g/mol. The van der Waals surface area contributed by atoms with Crippen molar-refractivity contribution in [1.29, 1.82) is 0 Å². The lowest BCUT2D eigenvalue weighted by Crippen LogP contribution is -2.35. The minimum atomic E-state index is -1.17. The second-order valence-electron chi connectivity index (χ2n) is 3.01. The summed E-state index contributed by atoms with van der Waals surface area (Å²) in [4.78, 5) is 0. The second-order valence-corrected chi connectivity index (χ2v) is 3.01. The van der Waals surface area contributed by atoms with Crippen LogP contribution in [-0.4, -0.2) is 24.7 Å². The highest BCUT2D eigenvalue weighted by molar-refractivity contribution is 5.15. The Morgan fingerprint density at radius 1 is 1.21 bits per heavy atom. The fourth-order valence-corrected chi connectivity index (χ4v) is 1.30. The number of rotatable bonds is 2. The summed E-state index contributed by atoms with van der Waals surface area (Å²) in [6, 6.07) is 9.81. The molecule has 76 valence electrons. The van der Waals surface area contributed by atoms with Gasteiger partial charge in [-0.1, -0.05) is 30.3 Å². The predicted octanol–water partition coefficient (Wildman–Crippen LogP) is 0.852. The fraction of sp³-hybridized carbons (Fsp3) is 0.400. The van der Waals surface area contributed by atoms with Gasteiger partial charge in [-0.15, -0.1) is 0 Å². The molecule has 1 aromatic rings. The van der Waals surface area contributed by atoms with E-state index in [1.54, 1.807) is 0 Å². The molecule has 1 N–H and O–H groups in total. The SMILES string of the molecule is OC1OCOC(Cc2ccccc2)O1. The van der Waals surface area contributed by atoms with Crippen molar-refractivity contribution in [3.63, 3.8) is 0 Å². The van der Waals surface area contributed by atoms with Gasteiger partial charge in [0, 0.05) is 6.42 Å². The van der Waals surface area contributed by atoms with Gasteiger partial charge in [0.05, 0.1) is 0 Å². The third-order valence-electron chi connectivity index (χ3n) is 1.98. The summed E-state index contributed by atoms with van der Waals surface area (Å²) in [7, 11) is 0. The third kappa shape index (κ3) is 2.52. The van der Waals surface area contributed by atoms with Crippen LogP contribution >= 0.6 is 0 Å². The zero-order valence-corrected chi connectivity index (χ0v) is 7.63. The first-order valence-electron chi connectivity index (χ1n) is 4.45. The van der Waals surface area contributed by atoms with Gasteiger partial charge >= 0.3 is 0 Å². The molecule has 4 heteroatoms. The van der Waals surface area contributed by atoms with Crippen molar-refractivity contribution in [3.05, 3.63) is 35.9 Å². The Bertz CT molecular complexity index is 275. The van der Waals surface area contributed by atoms with E-state index in [0.717, 1.165) is 5.56 Å². The lowest BCUT2D eigenvalue weighted by Gasteiger charge is -2.26. The van der Waals surface area contributed by atoms with Gasteiger partial charge in [0.15, 0.2) is 13.1 Å². The largest absolute Gasteiger partial charge is 0.346 e. The maximum atomic E-state index is 9.03. The molecular formula is C10H12O4. The van der Waals surface area contributed by atoms with Gasteiger partial charge in [-0.25, -0.2) is 0 Å². The zero-order chi connectivity index (χ0) is 9.80. The van der Waals surface area contributed by atoms with E-state index in [1.807, 2.05) is 30.3 Å². The first-order valence-corrected chi connectivity index (χ1v) is 4.45.